The zero-order valence-corrected chi connectivity index (χ0v) is 11.9. The lowest BCUT2D eigenvalue weighted by atomic mass is 10.0. The van der Waals surface area contributed by atoms with Crippen LogP contribution >= 0.6 is 0 Å². The van der Waals surface area contributed by atoms with Gasteiger partial charge in [-0.15, -0.1) is 0 Å². The summed E-state index contributed by atoms with van der Waals surface area (Å²) in [7, 11) is 1.98. The van der Waals surface area contributed by atoms with E-state index in [2.05, 4.69) is 37.2 Å². The number of nitrogens with one attached hydrogen (secondary N) is 1. The Morgan fingerprint density at radius 2 is 2.00 bits per heavy atom. The molecule has 0 bridgehead atoms. The Morgan fingerprint density at radius 3 is 2.47 bits per heavy atom. The summed E-state index contributed by atoms with van der Waals surface area (Å²) in [6.07, 6.45) is 10.2. The molecule has 0 unspecified atom stereocenters. The Labute approximate surface area is 106 Å². The van der Waals surface area contributed by atoms with Gasteiger partial charge in [0.1, 0.15) is 0 Å². The van der Waals surface area contributed by atoms with Crippen LogP contribution in [-0.4, -0.2) is 19.8 Å². The molecule has 1 N–H and O–H groups in total. The summed E-state index contributed by atoms with van der Waals surface area (Å²) in [5.41, 5.74) is 3.99. The molecular formula is C15H26N2. The van der Waals surface area contributed by atoms with Gasteiger partial charge in [-0.05, 0) is 45.4 Å². The second-order valence-electron chi connectivity index (χ2n) is 4.29. The zero-order valence-electron chi connectivity index (χ0n) is 11.9. The van der Waals surface area contributed by atoms with E-state index in [4.69, 9.17) is 0 Å². The third-order valence-corrected chi connectivity index (χ3v) is 2.38. The Balaban J connectivity index is 4.94. The van der Waals surface area contributed by atoms with Crippen LogP contribution in [0.4, 0.5) is 0 Å². The smallest absolute Gasteiger partial charge is 0.0299 e. The minimum absolute atomic E-state index is 0.910. The number of hydrogen-bond donors (Lipinski definition) is 1. The van der Waals surface area contributed by atoms with Crippen LogP contribution in [-0.2, 0) is 0 Å². The van der Waals surface area contributed by atoms with Crippen molar-refractivity contribution in [3.8, 4) is 0 Å². The zero-order chi connectivity index (χ0) is 13.1. The van der Waals surface area contributed by atoms with Crippen LogP contribution in [0.25, 0.3) is 0 Å². The van der Waals surface area contributed by atoms with E-state index in [-0.39, 0.29) is 0 Å². The number of nitrogens with zero attached hydrogens (tertiary/aromatic N) is 1. The number of aliphatic imine (C=N–C) groups is 1. The Hall–Kier alpha value is -1.15. The number of rotatable bonds is 7. The highest BCUT2D eigenvalue weighted by atomic mass is 14.8. The third kappa shape index (κ3) is 7.70. The Kier molecular flexibility index (Phi) is 9.35. The van der Waals surface area contributed by atoms with Crippen molar-refractivity contribution in [3.05, 3.63) is 35.1 Å². The van der Waals surface area contributed by atoms with Gasteiger partial charge in [0.05, 0.1) is 0 Å². The average Bonchev–Trinajstić information content (AvgIpc) is 2.28. The molecule has 2 nitrogen and oxygen atoms in total. The van der Waals surface area contributed by atoms with Crippen molar-refractivity contribution in [1.29, 1.82) is 0 Å². The van der Waals surface area contributed by atoms with Gasteiger partial charge in [-0.3, -0.25) is 4.99 Å². The van der Waals surface area contributed by atoms with Gasteiger partial charge in [0.15, 0.2) is 0 Å². The molecule has 0 rings (SSSR count). The molecule has 0 saturated carbocycles. The van der Waals surface area contributed by atoms with Gasteiger partial charge in [0.25, 0.3) is 0 Å². The molecule has 17 heavy (non-hydrogen) atoms. The molecule has 2 heteroatoms. The van der Waals surface area contributed by atoms with Gasteiger partial charge in [0, 0.05) is 19.0 Å². The maximum absolute atomic E-state index is 4.26. The lowest BCUT2D eigenvalue weighted by molar-refractivity contribution is 0.879. The van der Waals surface area contributed by atoms with E-state index in [1.165, 1.54) is 16.7 Å². The van der Waals surface area contributed by atoms with E-state index in [0.717, 1.165) is 19.4 Å². The van der Waals surface area contributed by atoms with E-state index < -0.39 is 0 Å². The van der Waals surface area contributed by atoms with Gasteiger partial charge in [-0.1, -0.05) is 31.1 Å². The van der Waals surface area contributed by atoms with Gasteiger partial charge in [-0.25, -0.2) is 0 Å². The van der Waals surface area contributed by atoms with Crippen molar-refractivity contribution in [2.45, 2.75) is 40.5 Å². The summed E-state index contributed by atoms with van der Waals surface area (Å²) >= 11 is 0. The fourth-order valence-corrected chi connectivity index (χ4v) is 1.47. The molecule has 0 aliphatic heterocycles. The normalized spacial score (nSPS) is 12.6. The molecular weight excluding hydrogens is 208 g/mol. The molecule has 0 amide bonds. The Morgan fingerprint density at radius 1 is 1.29 bits per heavy atom. The fourth-order valence-electron chi connectivity index (χ4n) is 1.47. The summed E-state index contributed by atoms with van der Waals surface area (Å²) in [6, 6.07) is 0. The molecule has 0 aromatic heterocycles. The summed E-state index contributed by atoms with van der Waals surface area (Å²) in [5, 5.41) is 3.20. The first-order chi connectivity index (χ1) is 8.15. The molecule has 0 atom stereocenters. The van der Waals surface area contributed by atoms with Crippen LogP contribution < -0.4 is 5.32 Å². The summed E-state index contributed by atoms with van der Waals surface area (Å²) in [4.78, 5) is 4.26. The topological polar surface area (TPSA) is 24.4 Å². The first-order valence-corrected chi connectivity index (χ1v) is 6.31. The van der Waals surface area contributed by atoms with E-state index in [1.54, 1.807) is 0 Å². The largest absolute Gasteiger partial charge is 0.316 e. The van der Waals surface area contributed by atoms with Crippen molar-refractivity contribution in [3.63, 3.8) is 0 Å². The average molecular weight is 234 g/mol. The van der Waals surface area contributed by atoms with Gasteiger partial charge < -0.3 is 5.32 Å². The van der Waals surface area contributed by atoms with Crippen LogP contribution in [0.15, 0.2) is 40.1 Å². The quantitative estimate of drug-likeness (QED) is 0.525. The van der Waals surface area contributed by atoms with Crippen molar-refractivity contribution in [1.82, 2.24) is 5.32 Å². The van der Waals surface area contributed by atoms with E-state index in [1.807, 2.05) is 32.5 Å². The first kappa shape index (κ1) is 15.9. The first-order valence-electron chi connectivity index (χ1n) is 6.31. The van der Waals surface area contributed by atoms with Crippen LogP contribution in [0.3, 0.4) is 0 Å². The molecule has 0 fully saturated rings. The number of hydrogen-bond acceptors (Lipinski definition) is 2. The highest BCUT2D eigenvalue weighted by Crippen LogP contribution is 2.10. The molecule has 0 aromatic carbocycles. The third-order valence-electron chi connectivity index (χ3n) is 2.38. The van der Waals surface area contributed by atoms with Crippen molar-refractivity contribution in [2.75, 3.05) is 13.6 Å². The van der Waals surface area contributed by atoms with Crippen molar-refractivity contribution in [2.24, 2.45) is 4.99 Å². The standard InChI is InChI=1S/C15H26N2/c1-6-8-14(11-17-9-7-2)10-15(12-16-5)13(3)4/h7,9-11,16H,6,8,12H2,1-5H3/b9-7-,14-10+,17-11+. The molecule has 96 valence electrons. The van der Waals surface area contributed by atoms with E-state index >= 15 is 0 Å². The lowest BCUT2D eigenvalue weighted by Crippen LogP contribution is -2.10. The van der Waals surface area contributed by atoms with Gasteiger partial charge >= 0.3 is 0 Å². The SMILES string of the molecule is C\C=C/N=C/C(=C/C(CNC)=C(C)C)CCC. The summed E-state index contributed by atoms with van der Waals surface area (Å²) < 4.78 is 0. The maximum Gasteiger partial charge on any atom is 0.0299 e. The van der Waals surface area contributed by atoms with Crippen LogP contribution in [0.5, 0.6) is 0 Å². The van der Waals surface area contributed by atoms with Crippen LogP contribution in [0, 0.1) is 0 Å². The monoisotopic (exact) mass is 234 g/mol. The van der Waals surface area contributed by atoms with Crippen molar-refractivity contribution >= 4 is 6.21 Å². The molecule has 0 spiro atoms. The molecule has 0 saturated heterocycles. The Bertz CT molecular complexity index is 316. The maximum atomic E-state index is 4.26. The molecule has 0 radical (unpaired) electrons. The lowest BCUT2D eigenvalue weighted by Gasteiger charge is -2.06. The second kappa shape index (κ2) is 10.0. The molecule has 0 aliphatic carbocycles. The highest BCUT2D eigenvalue weighted by molar-refractivity contribution is 5.79. The van der Waals surface area contributed by atoms with E-state index in [0.29, 0.717) is 0 Å². The number of likely N-dealkylation sites (N-methyl/N-ethyl adjacent to an activating group) is 1. The molecule has 0 aromatic rings. The van der Waals surface area contributed by atoms with Crippen molar-refractivity contribution < 1.29 is 0 Å². The van der Waals surface area contributed by atoms with Crippen LogP contribution in [0.1, 0.15) is 40.5 Å². The minimum atomic E-state index is 0.910. The fraction of sp³-hybridized carbons (Fsp3) is 0.533. The van der Waals surface area contributed by atoms with E-state index in [9.17, 15) is 0 Å². The highest BCUT2D eigenvalue weighted by Gasteiger charge is 1.98. The second-order valence-corrected chi connectivity index (χ2v) is 4.29. The predicted molar refractivity (Wildman–Crippen MR) is 78.6 cm³/mol. The molecule has 0 heterocycles. The van der Waals surface area contributed by atoms with Gasteiger partial charge in [-0.2, -0.15) is 0 Å². The van der Waals surface area contributed by atoms with Gasteiger partial charge in [0.2, 0.25) is 0 Å². The van der Waals surface area contributed by atoms with Crippen LogP contribution in [0.2, 0.25) is 0 Å². The molecule has 0 aliphatic rings. The summed E-state index contributed by atoms with van der Waals surface area (Å²) in [5.74, 6) is 0. The predicted octanol–water partition coefficient (Wildman–Crippen LogP) is 3.87. The summed E-state index contributed by atoms with van der Waals surface area (Å²) in [6.45, 7) is 9.37. The minimum Gasteiger partial charge on any atom is -0.316 e. The number of allylic oxidation sites excluding steroid dienone is 3.